The van der Waals surface area contributed by atoms with E-state index in [1.165, 1.54) is 0 Å². The van der Waals surface area contributed by atoms with E-state index in [2.05, 4.69) is 45.6 Å². The molecule has 0 aliphatic heterocycles. The molecule has 0 heterocycles. The van der Waals surface area contributed by atoms with E-state index in [9.17, 15) is 4.79 Å². The predicted octanol–water partition coefficient (Wildman–Crippen LogP) is 3.52. The van der Waals surface area contributed by atoms with Crippen LogP contribution in [0.2, 0.25) is 0 Å². The molecule has 0 spiro atoms. The summed E-state index contributed by atoms with van der Waals surface area (Å²) in [6.07, 6.45) is 1.72. The molecule has 0 saturated heterocycles. The lowest BCUT2D eigenvalue weighted by Crippen LogP contribution is -2.33. The molecule has 1 N–H and O–H groups in total. The Morgan fingerprint density at radius 2 is 1.60 bits per heavy atom. The zero-order valence-corrected chi connectivity index (χ0v) is 11.2. The van der Waals surface area contributed by atoms with Crippen LogP contribution in [-0.2, 0) is 4.79 Å². The monoisotopic (exact) mass is 235 g/mol. The van der Waals surface area contributed by atoms with Crippen molar-refractivity contribution < 1.29 is 4.79 Å². The van der Waals surface area contributed by atoms with Crippen LogP contribution in [0.1, 0.15) is 55.4 Å². The summed E-state index contributed by atoms with van der Waals surface area (Å²) in [4.78, 5) is 10.1. The maximum absolute atomic E-state index is 10.1. The maximum Gasteiger partial charge on any atom is 0.207 e. The fourth-order valence-electron chi connectivity index (χ4n) is 1.55. The van der Waals surface area contributed by atoms with Crippen molar-refractivity contribution in [3.63, 3.8) is 0 Å². The highest BCUT2D eigenvalue weighted by Gasteiger charge is 2.25. The molecule has 0 rings (SSSR count). The minimum absolute atomic E-state index is 0. The Bertz CT molecular complexity index is 150. The second kappa shape index (κ2) is 9.08. The van der Waals surface area contributed by atoms with Crippen LogP contribution < -0.4 is 5.32 Å². The van der Waals surface area contributed by atoms with Crippen molar-refractivity contribution in [1.29, 1.82) is 0 Å². The zero-order chi connectivity index (χ0) is 11.8. The van der Waals surface area contributed by atoms with Crippen molar-refractivity contribution in [3.05, 3.63) is 0 Å². The third-order valence-electron chi connectivity index (χ3n) is 1.58. The van der Waals surface area contributed by atoms with Gasteiger partial charge in [0.1, 0.15) is 0 Å². The Balaban J connectivity index is -0.000000449. The average Bonchev–Trinajstić information content (AvgIpc) is 2.00. The molecule has 0 aromatic rings. The number of rotatable bonds is 5. The van der Waals surface area contributed by atoms with Gasteiger partial charge in [0.05, 0.1) is 0 Å². The van der Waals surface area contributed by atoms with Crippen LogP contribution in [0.3, 0.4) is 0 Å². The van der Waals surface area contributed by atoms with Crippen LogP contribution in [0, 0.1) is 5.41 Å². The van der Waals surface area contributed by atoms with Crippen molar-refractivity contribution in [2.24, 2.45) is 5.41 Å². The summed E-state index contributed by atoms with van der Waals surface area (Å²) in [5.74, 6) is 0. The lowest BCUT2D eigenvalue weighted by molar-refractivity contribution is -0.109. The second-order valence-electron chi connectivity index (χ2n) is 4.65. The number of amides is 1. The first-order valence-electron chi connectivity index (χ1n) is 5.16. The summed E-state index contributed by atoms with van der Waals surface area (Å²) in [6.45, 7) is 13.1. The first-order chi connectivity index (χ1) is 6.27. The van der Waals surface area contributed by atoms with E-state index in [1.54, 1.807) is 0 Å². The van der Waals surface area contributed by atoms with Gasteiger partial charge in [-0.25, -0.2) is 0 Å². The molecule has 1 amide bonds. The fraction of sp³-hybridized carbons (Fsp3) is 0.917. The minimum atomic E-state index is 0. The molecule has 0 aromatic carbocycles. The molecule has 0 unspecified atom stereocenters. The smallest absolute Gasteiger partial charge is 0.207 e. The molecule has 15 heavy (non-hydrogen) atoms. The largest absolute Gasteiger partial charge is 0.358 e. The van der Waals surface area contributed by atoms with E-state index < -0.39 is 0 Å². The van der Waals surface area contributed by atoms with Crippen molar-refractivity contribution >= 4 is 19.0 Å². The molecule has 0 aliphatic carbocycles. The SMILES string of the molecule is C.CC.CC(C)(S)CC(C)(C)CNC=O. The maximum atomic E-state index is 10.1. The molecule has 0 aromatic heterocycles. The van der Waals surface area contributed by atoms with Crippen molar-refractivity contribution in [2.45, 2.75) is 60.1 Å². The molecule has 94 valence electrons. The van der Waals surface area contributed by atoms with E-state index in [4.69, 9.17) is 0 Å². The molecule has 0 aliphatic rings. The van der Waals surface area contributed by atoms with Gasteiger partial charge in [-0.15, -0.1) is 0 Å². The summed E-state index contributed by atoms with van der Waals surface area (Å²) < 4.78 is 0.0219. The summed E-state index contributed by atoms with van der Waals surface area (Å²) in [7, 11) is 0. The Morgan fingerprint density at radius 1 is 1.20 bits per heavy atom. The van der Waals surface area contributed by atoms with E-state index >= 15 is 0 Å². The van der Waals surface area contributed by atoms with Crippen molar-refractivity contribution in [1.82, 2.24) is 5.32 Å². The summed E-state index contributed by atoms with van der Waals surface area (Å²) in [5, 5.41) is 2.70. The van der Waals surface area contributed by atoms with E-state index in [-0.39, 0.29) is 17.6 Å². The highest BCUT2D eigenvalue weighted by atomic mass is 32.1. The van der Waals surface area contributed by atoms with Gasteiger partial charge in [0, 0.05) is 11.3 Å². The average molecular weight is 235 g/mol. The predicted molar refractivity (Wildman–Crippen MR) is 73.6 cm³/mol. The van der Waals surface area contributed by atoms with Crippen LogP contribution >= 0.6 is 12.6 Å². The van der Waals surface area contributed by atoms with Gasteiger partial charge >= 0.3 is 0 Å². The normalized spacial score (nSPS) is 10.6. The van der Waals surface area contributed by atoms with Gasteiger partial charge in [0.2, 0.25) is 6.41 Å². The molecule has 3 heteroatoms. The van der Waals surface area contributed by atoms with Crippen molar-refractivity contribution in [2.75, 3.05) is 6.54 Å². The summed E-state index contributed by atoms with van der Waals surface area (Å²) in [5.41, 5.74) is 0.117. The van der Waals surface area contributed by atoms with Gasteiger partial charge in [0.15, 0.2) is 0 Å². The summed E-state index contributed by atoms with van der Waals surface area (Å²) in [6, 6.07) is 0. The molecule has 0 bridgehead atoms. The first-order valence-corrected chi connectivity index (χ1v) is 5.61. The topological polar surface area (TPSA) is 29.1 Å². The van der Waals surface area contributed by atoms with E-state index in [0.29, 0.717) is 6.54 Å². The number of thiol groups is 1. The van der Waals surface area contributed by atoms with Gasteiger partial charge in [0.25, 0.3) is 0 Å². The van der Waals surface area contributed by atoms with Crippen LogP contribution in [0.25, 0.3) is 0 Å². The molecule has 0 fully saturated rings. The number of carbonyl (C=O) groups is 1. The second-order valence-corrected chi connectivity index (χ2v) is 5.86. The van der Waals surface area contributed by atoms with E-state index in [0.717, 1.165) is 12.8 Å². The molecule has 0 radical (unpaired) electrons. The summed E-state index contributed by atoms with van der Waals surface area (Å²) >= 11 is 4.45. The lowest BCUT2D eigenvalue weighted by Gasteiger charge is -2.31. The minimum Gasteiger partial charge on any atom is -0.358 e. The number of carbonyl (C=O) groups excluding carboxylic acids is 1. The third-order valence-corrected chi connectivity index (χ3v) is 1.73. The van der Waals surface area contributed by atoms with Crippen LogP contribution in [0.15, 0.2) is 0 Å². The highest BCUT2D eigenvalue weighted by Crippen LogP contribution is 2.30. The Kier molecular flexibility index (Phi) is 12.3. The lowest BCUT2D eigenvalue weighted by atomic mass is 9.83. The molecular formula is C12H29NOS. The first kappa shape index (κ1) is 20.3. The van der Waals surface area contributed by atoms with Gasteiger partial charge in [-0.1, -0.05) is 49.0 Å². The Morgan fingerprint density at radius 3 is 1.87 bits per heavy atom. The third kappa shape index (κ3) is 16.5. The highest BCUT2D eigenvalue weighted by molar-refractivity contribution is 7.81. The quantitative estimate of drug-likeness (QED) is 0.554. The molecule has 2 nitrogen and oxygen atoms in total. The van der Waals surface area contributed by atoms with E-state index in [1.807, 2.05) is 13.8 Å². The zero-order valence-electron chi connectivity index (χ0n) is 10.3. The van der Waals surface area contributed by atoms with Gasteiger partial charge in [-0.3, -0.25) is 4.79 Å². The number of hydrogen-bond acceptors (Lipinski definition) is 2. The number of nitrogens with one attached hydrogen (secondary N) is 1. The van der Waals surface area contributed by atoms with Gasteiger partial charge < -0.3 is 5.32 Å². The fourth-order valence-corrected chi connectivity index (χ4v) is 1.98. The van der Waals surface area contributed by atoms with Crippen LogP contribution in [0.5, 0.6) is 0 Å². The standard InChI is InChI=1S/C9H19NOS.C2H6.CH4/c1-8(2,6-10-7-11)5-9(3,4)12;1-2;/h7,12H,5-6H2,1-4H3,(H,10,11);1-2H3;1H4. The Labute approximate surface area is 102 Å². The number of hydrogen-bond donors (Lipinski definition) is 2. The van der Waals surface area contributed by atoms with Crippen molar-refractivity contribution in [3.8, 4) is 0 Å². The Hall–Kier alpha value is -0.180. The molecular weight excluding hydrogens is 206 g/mol. The van der Waals surface area contributed by atoms with Gasteiger partial charge in [-0.05, 0) is 11.8 Å². The van der Waals surface area contributed by atoms with Gasteiger partial charge in [-0.2, -0.15) is 12.6 Å². The molecule has 0 saturated carbocycles. The van der Waals surface area contributed by atoms with Crippen LogP contribution in [-0.4, -0.2) is 17.7 Å². The molecule has 0 atom stereocenters. The van der Waals surface area contributed by atoms with Crippen LogP contribution in [0.4, 0.5) is 0 Å².